The lowest BCUT2D eigenvalue weighted by Crippen LogP contribution is -2.20. The van der Waals surface area contributed by atoms with Crippen molar-refractivity contribution in [2.75, 3.05) is 15.4 Å². The molecular formula is C25H21ClN6O3S. The summed E-state index contributed by atoms with van der Waals surface area (Å²) >= 11 is 6.08. The molecule has 0 aliphatic carbocycles. The van der Waals surface area contributed by atoms with E-state index in [1.807, 2.05) is 48.5 Å². The Kier molecular flexibility index (Phi) is 6.21. The fraction of sp³-hybridized carbons (Fsp3) is 0.0800. The van der Waals surface area contributed by atoms with E-state index in [4.69, 9.17) is 11.6 Å². The van der Waals surface area contributed by atoms with Gasteiger partial charge in [-0.15, -0.1) is 5.10 Å². The molecule has 3 N–H and O–H groups in total. The van der Waals surface area contributed by atoms with Crippen molar-refractivity contribution in [2.45, 2.75) is 17.9 Å². The van der Waals surface area contributed by atoms with Crippen LogP contribution < -0.4 is 15.4 Å². The molecule has 182 valence electrons. The second kappa shape index (κ2) is 9.48. The van der Waals surface area contributed by atoms with Crippen LogP contribution in [0.4, 0.5) is 17.6 Å². The minimum atomic E-state index is -3.97. The number of nitrogens with zero attached hydrogens (tertiary/aromatic N) is 3. The van der Waals surface area contributed by atoms with Crippen LogP contribution in [-0.2, 0) is 14.8 Å². The number of sulfonamides is 1. The molecule has 2 heterocycles. The van der Waals surface area contributed by atoms with Crippen LogP contribution in [0, 0.1) is 0 Å². The summed E-state index contributed by atoms with van der Waals surface area (Å²) in [5, 5.41) is 10.9. The smallest absolute Gasteiger partial charge is 0.264 e. The van der Waals surface area contributed by atoms with Crippen molar-refractivity contribution in [3.05, 3.63) is 101 Å². The zero-order valence-electron chi connectivity index (χ0n) is 19.0. The summed E-state index contributed by atoms with van der Waals surface area (Å²) in [6.45, 7) is 1.38. The van der Waals surface area contributed by atoms with Crippen molar-refractivity contribution in [3.63, 3.8) is 0 Å². The Morgan fingerprint density at radius 1 is 1.00 bits per heavy atom. The van der Waals surface area contributed by atoms with Gasteiger partial charge in [0.1, 0.15) is 6.04 Å². The molecule has 11 heteroatoms. The van der Waals surface area contributed by atoms with Crippen LogP contribution in [0.5, 0.6) is 0 Å². The monoisotopic (exact) mass is 520 g/mol. The van der Waals surface area contributed by atoms with Gasteiger partial charge in [0.25, 0.3) is 16.0 Å². The number of nitrogens with one attached hydrogen (secondary N) is 3. The fourth-order valence-electron chi connectivity index (χ4n) is 3.82. The van der Waals surface area contributed by atoms with Gasteiger partial charge in [-0.05, 0) is 53.6 Å². The molecular weight excluding hydrogens is 500 g/mol. The lowest BCUT2D eigenvalue weighted by atomic mass is 10.0. The lowest BCUT2D eigenvalue weighted by molar-refractivity contribution is -0.114. The van der Waals surface area contributed by atoms with Crippen molar-refractivity contribution in [3.8, 4) is 0 Å². The predicted molar refractivity (Wildman–Crippen MR) is 139 cm³/mol. The maximum atomic E-state index is 13.0. The Labute approximate surface area is 212 Å². The van der Waals surface area contributed by atoms with E-state index < -0.39 is 10.0 Å². The summed E-state index contributed by atoms with van der Waals surface area (Å²) < 4.78 is 30.0. The summed E-state index contributed by atoms with van der Waals surface area (Å²) in [6.07, 6.45) is 2.00. The number of benzene rings is 3. The van der Waals surface area contributed by atoms with E-state index in [0.717, 1.165) is 16.8 Å². The van der Waals surface area contributed by atoms with Crippen LogP contribution in [-0.4, -0.2) is 29.1 Å². The first-order valence-corrected chi connectivity index (χ1v) is 12.8. The lowest BCUT2D eigenvalue weighted by Gasteiger charge is -2.24. The van der Waals surface area contributed by atoms with Crippen LogP contribution in [0.2, 0.25) is 5.02 Å². The van der Waals surface area contributed by atoms with Gasteiger partial charge in [0.15, 0.2) is 0 Å². The summed E-state index contributed by atoms with van der Waals surface area (Å²) in [5.41, 5.74) is 3.17. The Morgan fingerprint density at radius 3 is 2.36 bits per heavy atom. The van der Waals surface area contributed by atoms with Crippen LogP contribution in [0.15, 0.2) is 89.8 Å². The second-order valence-electron chi connectivity index (χ2n) is 8.08. The molecule has 1 atom stereocenters. The molecule has 0 saturated heterocycles. The Balaban J connectivity index is 1.47. The molecule has 4 aromatic rings. The highest BCUT2D eigenvalue weighted by Crippen LogP contribution is 2.34. The molecule has 0 spiro atoms. The van der Waals surface area contributed by atoms with Gasteiger partial charge < -0.3 is 10.6 Å². The number of halogens is 1. The number of aromatic nitrogens is 3. The highest BCUT2D eigenvalue weighted by atomic mass is 35.5. The molecule has 3 aromatic carbocycles. The van der Waals surface area contributed by atoms with Gasteiger partial charge in [0.05, 0.1) is 4.90 Å². The maximum absolute atomic E-state index is 13.0. The minimum absolute atomic E-state index is 0.00897. The molecule has 36 heavy (non-hydrogen) atoms. The number of carbonyl (C=O) groups is 1. The van der Waals surface area contributed by atoms with Gasteiger partial charge in [0, 0.05) is 23.3 Å². The predicted octanol–water partition coefficient (Wildman–Crippen LogP) is 4.75. The van der Waals surface area contributed by atoms with E-state index in [1.54, 1.807) is 16.8 Å². The number of hydrogen-bond donors (Lipinski definition) is 3. The largest absolute Gasteiger partial charge is 0.326 e. The van der Waals surface area contributed by atoms with Crippen LogP contribution in [0.3, 0.4) is 0 Å². The molecule has 9 nitrogen and oxygen atoms in total. The quantitative estimate of drug-likeness (QED) is 0.338. The van der Waals surface area contributed by atoms with Crippen molar-refractivity contribution in [2.24, 2.45) is 0 Å². The molecule has 0 radical (unpaired) electrons. The molecule has 1 aliphatic rings. The first-order chi connectivity index (χ1) is 17.3. The van der Waals surface area contributed by atoms with Gasteiger partial charge in [-0.1, -0.05) is 54.1 Å². The maximum Gasteiger partial charge on any atom is 0.264 e. The zero-order chi connectivity index (χ0) is 25.3. The number of anilines is 3. The minimum Gasteiger partial charge on any atom is -0.326 e. The van der Waals surface area contributed by atoms with Gasteiger partial charge in [-0.3, -0.25) is 4.79 Å². The Morgan fingerprint density at radius 2 is 1.69 bits per heavy atom. The Hall–Kier alpha value is -4.15. The Bertz CT molecular complexity index is 1550. The van der Waals surface area contributed by atoms with Crippen molar-refractivity contribution in [1.29, 1.82) is 0 Å². The van der Waals surface area contributed by atoms with E-state index in [2.05, 4.69) is 25.4 Å². The first-order valence-electron chi connectivity index (χ1n) is 11.0. The zero-order valence-corrected chi connectivity index (χ0v) is 20.6. The summed E-state index contributed by atoms with van der Waals surface area (Å²) in [4.78, 5) is 15.6. The molecule has 0 fully saturated rings. The van der Waals surface area contributed by atoms with E-state index in [1.165, 1.54) is 31.2 Å². The van der Waals surface area contributed by atoms with Crippen molar-refractivity contribution in [1.82, 2.24) is 14.8 Å². The first kappa shape index (κ1) is 23.6. The molecule has 0 saturated carbocycles. The number of carbonyl (C=O) groups excluding carboxylic acids is 1. The third kappa shape index (κ3) is 4.95. The van der Waals surface area contributed by atoms with E-state index in [0.29, 0.717) is 16.7 Å². The van der Waals surface area contributed by atoms with Gasteiger partial charge >= 0.3 is 0 Å². The molecule has 1 unspecified atom stereocenters. The normalized spacial score (nSPS) is 14.8. The number of rotatable bonds is 6. The molecule has 5 rings (SSSR count). The molecule has 1 aromatic heterocycles. The second-order valence-corrected chi connectivity index (χ2v) is 10.2. The fourth-order valence-corrected chi connectivity index (χ4v) is 4.88. The van der Waals surface area contributed by atoms with Crippen molar-refractivity contribution >= 4 is 50.8 Å². The average molecular weight is 521 g/mol. The molecule has 1 amide bonds. The number of allylic oxidation sites excluding steroid dienone is 1. The summed E-state index contributed by atoms with van der Waals surface area (Å²) in [5.74, 6) is 0.0582. The number of fused-ring (bicyclic) bond motifs is 1. The number of amides is 1. The van der Waals surface area contributed by atoms with Crippen LogP contribution in [0.1, 0.15) is 24.1 Å². The molecule has 0 bridgehead atoms. The van der Waals surface area contributed by atoms with Gasteiger partial charge in [-0.2, -0.15) is 4.98 Å². The summed E-state index contributed by atoms with van der Waals surface area (Å²) in [6, 6.07) is 22.6. The van der Waals surface area contributed by atoms with E-state index in [-0.39, 0.29) is 22.8 Å². The SMILES string of the molecule is CC(=O)Nc1ccc(S(=O)(=O)Nc2nc3n(n2)C(c2ccc(Cl)cc2)C=C(c2ccccc2)N3)cc1. The van der Waals surface area contributed by atoms with E-state index >= 15 is 0 Å². The standard InChI is InChI=1S/C25H21ClN6O3S/c1-16(33)27-20-11-13-21(14-12-20)36(34,35)31-24-29-25-28-22(17-5-3-2-4-6-17)15-23(32(25)30-24)18-7-9-19(26)10-8-18/h2-15,23H,1H3,(H,27,33)(H2,28,29,30,31). The van der Waals surface area contributed by atoms with Crippen LogP contribution >= 0.6 is 11.6 Å². The van der Waals surface area contributed by atoms with E-state index in [9.17, 15) is 13.2 Å². The van der Waals surface area contributed by atoms with Gasteiger partial charge in [0.2, 0.25) is 11.9 Å². The highest BCUT2D eigenvalue weighted by molar-refractivity contribution is 7.92. The van der Waals surface area contributed by atoms with Gasteiger partial charge in [-0.25, -0.2) is 17.8 Å². The third-order valence-corrected chi connectivity index (χ3v) is 7.07. The van der Waals surface area contributed by atoms with Crippen LogP contribution in [0.25, 0.3) is 5.70 Å². The summed E-state index contributed by atoms with van der Waals surface area (Å²) in [7, 11) is -3.97. The topological polar surface area (TPSA) is 118 Å². The average Bonchev–Trinajstić information content (AvgIpc) is 3.26. The highest BCUT2D eigenvalue weighted by Gasteiger charge is 2.27. The number of hydrogen-bond acceptors (Lipinski definition) is 6. The molecule has 1 aliphatic heterocycles. The van der Waals surface area contributed by atoms with Crippen molar-refractivity contribution < 1.29 is 13.2 Å². The third-order valence-electron chi connectivity index (χ3n) is 5.47.